The Morgan fingerprint density at radius 3 is 2.47 bits per heavy atom. The first-order valence-electron chi connectivity index (χ1n) is 11.1. The summed E-state index contributed by atoms with van der Waals surface area (Å²) in [4.78, 5) is 30.0. The van der Waals surface area contributed by atoms with Gasteiger partial charge in [0.1, 0.15) is 11.1 Å². The molecule has 174 valence electrons. The molecule has 6 aromatic rings. The van der Waals surface area contributed by atoms with Gasteiger partial charge in [-0.3, -0.25) is 4.79 Å². The molecule has 1 N–H and O–H groups in total. The van der Waals surface area contributed by atoms with Gasteiger partial charge < -0.3 is 14.2 Å². The molecule has 1 amide bonds. The van der Waals surface area contributed by atoms with Crippen LogP contribution in [-0.4, -0.2) is 10.9 Å². The van der Waals surface area contributed by atoms with E-state index < -0.39 is 5.63 Å². The monoisotopic (exact) mass is 492 g/mol. The number of carbonyl (C=O) groups is 1. The lowest BCUT2D eigenvalue weighted by Crippen LogP contribution is -2.12. The van der Waals surface area contributed by atoms with Crippen molar-refractivity contribution >= 4 is 45.3 Å². The van der Waals surface area contributed by atoms with Crippen molar-refractivity contribution in [3.8, 4) is 22.6 Å². The number of aromatic nitrogens is 1. The largest absolute Gasteiger partial charge is 0.436 e. The van der Waals surface area contributed by atoms with Gasteiger partial charge in [-0.25, -0.2) is 9.78 Å². The first-order valence-corrected chi connectivity index (χ1v) is 11.5. The average Bonchev–Trinajstić information content (AvgIpc) is 3.32. The number of oxazole rings is 1. The van der Waals surface area contributed by atoms with E-state index in [4.69, 9.17) is 20.4 Å². The van der Waals surface area contributed by atoms with Crippen LogP contribution in [0.3, 0.4) is 0 Å². The molecule has 2 aromatic heterocycles. The average molecular weight is 493 g/mol. The summed E-state index contributed by atoms with van der Waals surface area (Å²) in [6, 6.07) is 28.4. The molecule has 2 heterocycles. The van der Waals surface area contributed by atoms with Gasteiger partial charge in [0.25, 0.3) is 5.91 Å². The Balaban J connectivity index is 1.23. The van der Waals surface area contributed by atoms with Crippen LogP contribution in [0.25, 0.3) is 44.7 Å². The summed E-state index contributed by atoms with van der Waals surface area (Å²) in [5.41, 5.74) is 4.18. The third kappa shape index (κ3) is 4.15. The van der Waals surface area contributed by atoms with Crippen LogP contribution >= 0.6 is 11.6 Å². The second-order valence-corrected chi connectivity index (χ2v) is 8.67. The Morgan fingerprint density at radius 2 is 1.61 bits per heavy atom. The zero-order valence-electron chi connectivity index (χ0n) is 18.7. The van der Waals surface area contributed by atoms with Crippen LogP contribution < -0.4 is 10.9 Å². The Bertz CT molecular complexity index is 1820. The van der Waals surface area contributed by atoms with Gasteiger partial charge in [0.05, 0.1) is 5.56 Å². The number of halogens is 1. The highest BCUT2D eigenvalue weighted by molar-refractivity contribution is 6.31. The van der Waals surface area contributed by atoms with Crippen LogP contribution in [0.5, 0.6) is 0 Å². The highest BCUT2D eigenvalue weighted by Gasteiger charge is 2.13. The van der Waals surface area contributed by atoms with Crippen LogP contribution in [0.4, 0.5) is 5.69 Å². The topological polar surface area (TPSA) is 85.3 Å². The number of rotatable bonds is 4. The molecule has 36 heavy (non-hydrogen) atoms. The lowest BCUT2D eigenvalue weighted by molar-refractivity contribution is 0.102. The van der Waals surface area contributed by atoms with Gasteiger partial charge in [0.2, 0.25) is 5.89 Å². The maximum Gasteiger partial charge on any atom is 0.344 e. The second-order valence-electron chi connectivity index (χ2n) is 8.23. The van der Waals surface area contributed by atoms with Crippen LogP contribution in [0, 0.1) is 0 Å². The lowest BCUT2D eigenvalue weighted by atomic mass is 10.0. The Labute approximate surface area is 209 Å². The maximum atomic E-state index is 12.9. The van der Waals surface area contributed by atoms with Crippen LogP contribution in [-0.2, 0) is 0 Å². The van der Waals surface area contributed by atoms with Crippen LogP contribution in [0.2, 0.25) is 5.02 Å². The summed E-state index contributed by atoms with van der Waals surface area (Å²) >= 11 is 6.03. The zero-order valence-corrected chi connectivity index (χ0v) is 19.5. The molecule has 7 heteroatoms. The lowest BCUT2D eigenvalue weighted by Gasteiger charge is -2.08. The number of nitrogens with zero attached hydrogens (tertiary/aromatic N) is 1. The first-order chi connectivity index (χ1) is 17.5. The molecular formula is C29H17ClN2O4. The van der Waals surface area contributed by atoms with E-state index >= 15 is 0 Å². The number of anilines is 1. The summed E-state index contributed by atoms with van der Waals surface area (Å²) in [5, 5.41) is 4.28. The fraction of sp³-hybridized carbons (Fsp3) is 0. The summed E-state index contributed by atoms with van der Waals surface area (Å²) in [6.07, 6.45) is 0. The van der Waals surface area contributed by atoms with Gasteiger partial charge >= 0.3 is 5.63 Å². The maximum absolute atomic E-state index is 12.9. The molecule has 0 radical (unpaired) electrons. The van der Waals surface area contributed by atoms with Crippen molar-refractivity contribution in [2.45, 2.75) is 0 Å². The van der Waals surface area contributed by atoms with Gasteiger partial charge in [0.15, 0.2) is 5.58 Å². The van der Waals surface area contributed by atoms with Gasteiger partial charge in [0, 0.05) is 27.2 Å². The highest BCUT2D eigenvalue weighted by atomic mass is 35.5. The zero-order chi connectivity index (χ0) is 24.6. The molecule has 0 atom stereocenters. The third-order valence-corrected chi connectivity index (χ3v) is 6.05. The first kappa shape index (κ1) is 21.8. The summed E-state index contributed by atoms with van der Waals surface area (Å²) in [6.45, 7) is 0. The molecule has 0 spiro atoms. The van der Waals surface area contributed by atoms with Crippen LogP contribution in [0.1, 0.15) is 10.4 Å². The molecule has 0 aliphatic heterocycles. The summed E-state index contributed by atoms with van der Waals surface area (Å²) in [5.74, 6) is 0.165. The minimum Gasteiger partial charge on any atom is -0.436 e. The number of para-hydroxylation sites is 1. The van der Waals surface area contributed by atoms with E-state index in [1.54, 1.807) is 66.7 Å². The van der Waals surface area contributed by atoms with Crippen molar-refractivity contribution in [3.63, 3.8) is 0 Å². The van der Waals surface area contributed by atoms with E-state index in [0.29, 0.717) is 50.0 Å². The van der Waals surface area contributed by atoms with E-state index in [1.165, 1.54) is 0 Å². The summed E-state index contributed by atoms with van der Waals surface area (Å²) < 4.78 is 11.2. The SMILES string of the molecule is O=C(Nc1ccc(-c2nc3cc(Cl)ccc3o2)cc1)c1cccc(-c2cc3ccccc3oc2=O)c1. The molecule has 0 bridgehead atoms. The quantitative estimate of drug-likeness (QED) is 0.263. The second kappa shape index (κ2) is 8.83. The fourth-order valence-corrected chi connectivity index (χ4v) is 4.18. The molecule has 6 nitrogen and oxygen atoms in total. The van der Waals surface area contributed by atoms with E-state index in [0.717, 1.165) is 10.9 Å². The Morgan fingerprint density at radius 1 is 0.778 bits per heavy atom. The van der Waals surface area contributed by atoms with Crippen molar-refractivity contribution in [2.75, 3.05) is 5.32 Å². The molecule has 0 fully saturated rings. The predicted octanol–water partition coefficient (Wildman–Crippen LogP) is 7.17. The number of nitrogens with one attached hydrogen (secondary N) is 1. The highest BCUT2D eigenvalue weighted by Crippen LogP contribution is 2.27. The van der Waals surface area contributed by atoms with E-state index in [2.05, 4.69) is 10.3 Å². The number of benzene rings is 4. The molecule has 4 aromatic carbocycles. The molecule has 6 rings (SSSR count). The van der Waals surface area contributed by atoms with E-state index in [1.807, 2.05) is 30.3 Å². The minimum atomic E-state index is -0.455. The minimum absolute atomic E-state index is 0.300. The third-order valence-electron chi connectivity index (χ3n) is 5.82. The molecule has 0 unspecified atom stereocenters. The van der Waals surface area contributed by atoms with Crippen molar-refractivity contribution in [1.82, 2.24) is 4.98 Å². The fourth-order valence-electron chi connectivity index (χ4n) is 4.01. The Kier molecular flexibility index (Phi) is 5.36. The smallest absolute Gasteiger partial charge is 0.344 e. The normalized spacial score (nSPS) is 11.1. The molecular weight excluding hydrogens is 476 g/mol. The molecule has 0 saturated carbocycles. The van der Waals surface area contributed by atoms with Crippen molar-refractivity contribution in [2.24, 2.45) is 0 Å². The standard InChI is InChI=1S/C29H17ClN2O4/c30-21-10-13-26-24(16-21)32-28(35-26)17-8-11-22(12-9-17)31-27(33)20-6-3-5-18(14-20)23-15-19-4-1-2-7-25(19)36-29(23)34/h1-16H,(H,31,33). The van der Waals surface area contributed by atoms with E-state index in [9.17, 15) is 9.59 Å². The van der Waals surface area contributed by atoms with Crippen molar-refractivity contribution in [3.05, 3.63) is 118 Å². The van der Waals surface area contributed by atoms with Gasteiger partial charge in [-0.2, -0.15) is 0 Å². The number of carbonyl (C=O) groups excluding carboxylic acids is 1. The van der Waals surface area contributed by atoms with Gasteiger partial charge in [-0.1, -0.05) is 41.9 Å². The summed E-state index contributed by atoms with van der Waals surface area (Å²) in [7, 11) is 0. The number of hydrogen-bond donors (Lipinski definition) is 1. The number of hydrogen-bond acceptors (Lipinski definition) is 5. The van der Waals surface area contributed by atoms with Gasteiger partial charge in [-0.15, -0.1) is 0 Å². The van der Waals surface area contributed by atoms with E-state index in [-0.39, 0.29) is 5.91 Å². The van der Waals surface area contributed by atoms with Crippen molar-refractivity contribution < 1.29 is 13.6 Å². The van der Waals surface area contributed by atoms with Crippen LogP contribution in [0.15, 0.2) is 111 Å². The molecule has 0 aliphatic carbocycles. The predicted molar refractivity (Wildman–Crippen MR) is 140 cm³/mol. The van der Waals surface area contributed by atoms with Crippen molar-refractivity contribution in [1.29, 1.82) is 0 Å². The molecule has 0 saturated heterocycles. The molecule has 0 aliphatic rings. The van der Waals surface area contributed by atoms with Gasteiger partial charge in [-0.05, 0) is 72.3 Å². The Hall–Kier alpha value is -4.68. The number of amides is 1. The number of fused-ring (bicyclic) bond motifs is 2.